The number of phenolic OH excluding ortho intramolecular Hbond substituents is 1. The molecule has 15 heavy (non-hydrogen) atoms. The molecule has 0 spiro atoms. The number of rotatable bonds is 2. The van der Waals surface area contributed by atoms with Gasteiger partial charge in [-0.15, -0.1) is 0 Å². The highest BCUT2D eigenvalue weighted by molar-refractivity contribution is 9.10. The maximum Gasteiger partial charge on any atom is 0.323 e. The number of halogens is 1. The van der Waals surface area contributed by atoms with Crippen LogP contribution in [0.25, 0.3) is 11.0 Å². The van der Waals surface area contributed by atoms with E-state index in [4.69, 9.17) is 5.11 Å². The third-order valence-corrected chi connectivity index (χ3v) is 2.61. The van der Waals surface area contributed by atoms with Crippen LogP contribution in [0.15, 0.2) is 22.9 Å². The number of para-hydroxylation sites is 1. The Morgan fingerprint density at radius 3 is 2.93 bits per heavy atom. The van der Waals surface area contributed by atoms with Gasteiger partial charge in [-0.2, -0.15) is 0 Å². The number of fused-ring (bicyclic) bond motifs is 1. The van der Waals surface area contributed by atoms with Gasteiger partial charge in [0.05, 0.1) is 5.52 Å². The first-order valence-electron chi connectivity index (χ1n) is 4.15. The molecule has 0 saturated carbocycles. The van der Waals surface area contributed by atoms with Crippen molar-refractivity contribution in [3.05, 3.63) is 22.9 Å². The zero-order chi connectivity index (χ0) is 11.0. The SMILES string of the molecule is O=C(O)Cn1c(Br)nc2c(O)cccc21. The van der Waals surface area contributed by atoms with Gasteiger partial charge in [-0.05, 0) is 28.1 Å². The topological polar surface area (TPSA) is 75.3 Å². The normalized spacial score (nSPS) is 10.7. The monoisotopic (exact) mass is 270 g/mol. The molecule has 78 valence electrons. The summed E-state index contributed by atoms with van der Waals surface area (Å²) in [5, 5.41) is 18.2. The lowest BCUT2D eigenvalue weighted by atomic mass is 10.3. The molecule has 0 fully saturated rings. The number of nitrogens with zero attached hydrogens (tertiary/aromatic N) is 2. The van der Waals surface area contributed by atoms with Gasteiger partial charge in [0.1, 0.15) is 17.8 Å². The number of hydrogen-bond donors (Lipinski definition) is 2. The number of aromatic hydroxyl groups is 1. The highest BCUT2D eigenvalue weighted by Crippen LogP contribution is 2.26. The summed E-state index contributed by atoms with van der Waals surface area (Å²) in [4.78, 5) is 14.6. The van der Waals surface area contributed by atoms with Crippen molar-refractivity contribution in [1.29, 1.82) is 0 Å². The van der Waals surface area contributed by atoms with Crippen LogP contribution in [-0.4, -0.2) is 25.7 Å². The van der Waals surface area contributed by atoms with E-state index in [-0.39, 0.29) is 12.3 Å². The number of carboxylic acid groups (broad SMARTS) is 1. The minimum absolute atomic E-state index is 0.0392. The Bertz CT molecular complexity index is 535. The van der Waals surface area contributed by atoms with Crippen molar-refractivity contribution in [2.24, 2.45) is 0 Å². The Morgan fingerprint density at radius 1 is 1.53 bits per heavy atom. The van der Waals surface area contributed by atoms with Crippen LogP contribution in [0.5, 0.6) is 5.75 Å². The average Bonchev–Trinajstić information content (AvgIpc) is 2.45. The second kappa shape index (κ2) is 3.54. The first-order valence-corrected chi connectivity index (χ1v) is 4.94. The fraction of sp³-hybridized carbons (Fsp3) is 0.111. The van der Waals surface area contributed by atoms with Crippen LogP contribution in [-0.2, 0) is 11.3 Å². The smallest absolute Gasteiger partial charge is 0.323 e. The van der Waals surface area contributed by atoms with E-state index in [9.17, 15) is 9.90 Å². The summed E-state index contributed by atoms with van der Waals surface area (Å²) in [6.45, 7) is -0.194. The molecule has 1 aromatic carbocycles. The molecule has 2 aromatic rings. The first kappa shape index (κ1) is 9.97. The van der Waals surface area contributed by atoms with Gasteiger partial charge in [0.2, 0.25) is 0 Å². The van der Waals surface area contributed by atoms with Crippen molar-refractivity contribution in [3.8, 4) is 5.75 Å². The Hall–Kier alpha value is -1.56. The minimum atomic E-state index is -0.960. The van der Waals surface area contributed by atoms with Crippen LogP contribution in [0, 0.1) is 0 Å². The highest BCUT2D eigenvalue weighted by Gasteiger charge is 2.13. The number of imidazole rings is 1. The summed E-state index contributed by atoms with van der Waals surface area (Å²) >= 11 is 3.15. The summed E-state index contributed by atoms with van der Waals surface area (Å²) in [6.07, 6.45) is 0. The molecule has 0 bridgehead atoms. The number of carboxylic acids is 1. The number of benzene rings is 1. The van der Waals surface area contributed by atoms with Crippen LogP contribution in [0.1, 0.15) is 0 Å². The molecular formula is C9H7BrN2O3. The number of phenols is 1. The van der Waals surface area contributed by atoms with Crippen LogP contribution >= 0.6 is 15.9 Å². The van der Waals surface area contributed by atoms with Crippen LogP contribution in [0.4, 0.5) is 0 Å². The quantitative estimate of drug-likeness (QED) is 0.869. The van der Waals surface area contributed by atoms with E-state index in [1.54, 1.807) is 12.1 Å². The summed E-state index contributed by atoms with van der Waals surface area (Å²) in [5.74, 6) is -0.921. The molecule has 2 rings (SSSR count). The molecule has 5 nitrogen and oxygen atoms in total. The molecular weight excluding hydrogens is 264 g/mol. The average molecular weight is 271 g/mol. The standard InChI is InChI=1S/C9H7BrN2O3/c10-9-11-8-5(2-1-3-6(8)13)12(9)4-7(14)15/h1-3,13H,4H2,(H,14,15). The predicted octanol–water partition coefficient (Wildman–Crippen LogP) is 1.59. The number of carbonyl (C=O) groups is 1. The van der Waals surface area contributed by atoms with Gasteiger partial charge in [0.25, 0.3) is 0 Å². The van der Waals surface area contributed by atoms with Crippen LogP contribution in [0.2, 0.25) is 0 Å². The van der Waals surface area contributed by atoms with E-state index in [1.165, 1.54) is 10.6 Å². The molecule has 0 aliphatic heterocycles. The van der Waals surface area contributed by atoms with E-state index in [0.29, 0.717) is 15.8 Å². The summed E-state index contributed by atoms with van der Waals surface area (Å²) < 4.78 is 1.86. The van der Waals surface area contributed by atoms with Crippen molar-refractivity contribution in [2.75, 3.05) is 0 Å². The second-order valence-electron chi connectivity index (χ2n) is 3.01. The van der Waals surface area contributed by atoms with Gasteiger partial charge >= 0.3 is 5.97 Å². The van der Waals surface area contributed by atoms with Gasteiger partial charge in [0.15, 0.2) is 4.73 Å². The Labute approximate surface area is 93.1 Å². The van der Waals surface area contributed by atoms with Gasteiger partial charge in [-0.1, -0.05) is 6.07 Å². The first-order chi connectivity index (χ1) is 7.09. The van der Waals surface area contributed by atoms with Crippen molar-refractivity contribution in [2.45, 2.75) is 6.54 Å². The van der Waals surface area contributed by atoms with E-state index in [0.717, 1.165) is 0 Å². The fourth-order valence-corrected chi connectivity index (χ4v) is 1.88. The molecule has 0 atom stereocenters. The molecule has 6 heteroatoms. The molecule has 1 aromatic heterocycles. The largest absolute Gasteiger partial charge is 0.506 e. The highest BCUT2D eigenvalue weighted by atomic mass is 79.9. The molecule has 0 aliphatic rings. The van der Waals surface area contributed by atoms with Gasteiger partial charge in [-0.3, -0.25) is 4.79 Å². The van der Waals surface area contributed by atoms with Crippen LogP contribution < -0.4 is 0 Å². The predicted molar refractivity (Wildman–Crippen MR) is 56.7 cm³/mol. The minimum Gasteiger partial charge on any atom is -0.506 e. The molecule has 0 amide bonds. The lowest BCUT2D eigenvalue weighted by molar-refractivity contribution is -0.137. The third-order valence-electron chi connectivity index (χ3n) is 2.00. The van der Waals surface area contributed by atoms with Crippen molar-refractivity contribution < 1.29 is 15.0 Å². The Kier molecular flexibility index (Phi) is 2.36. The third kappa shape index (κ3) is 1.68. The lowest BCUT2D eigenvalue weighted by Gasteiger charge is -2.01. The molecule has 0 radical (unpaired) electrons. The molecule has 1 heterocycles. The number of aliphatic carboxylic acids is 1. The lowest BCUT2D eigenvalue weighted by Crippen LogP contribution is -2.08. The van der Waals surface area contributed by atoms with Gasteiger partial charge in [0, 0.05) is 0 Å². The molecule has 0 unspecified atom stereocenters. The Balaban J connectivity index is 2.68. The molecule has 0 aliphatic carbocycles. The van der Waals surface area contributed by atoms with Crippen molar-refractivity contribution in [3.63, 3.8) is 0 Å². The van der Waals surface area contributed by atoms with Crippen molar-refractivity contribution in [1.82, 2.24) is 9.55 Å². The van der Waals surface area contributed by atoms with Gasteiger partial charge < -0.3 is 14.8 Å². The maximum absolute atomic E-state index is 10.6. The zero-order valence-electron chi connectivity index (χ0n) is 7.51. The zero-order valence-corrected chi connectivity index (χ0v) is 9.10. The number of aromatic nitrogens is 2. The molecule has 0 saturated heterocycles. The Morgan fingerprint density at radius 2 is 2.27 bits per heavy atom. The van der Waals surface area contributed by atoms with Gasteiger partial charge in [-0.25, -0.2) is 4.98 Å². The van der Waals surface area contributed by atoms with E-state index in [2.05, 4.69) is 20.9 Å². The second-order valence-corrected chi connectivity index (χ2v) is 3.71. The summed E-state index contributed by atoms with van der Waals surface area (Å²) in [6, 6.07) is 4.85. The summed E-state index contributed by atoms with van der Waals surface area (Å²) in [7, 11) is 0. The maximum atomic E-state index is 10.6. The van der Waals surface area contributed by atoms with E-state index >= 15 is 0 Å². The van der Waals surface area contributed by atoms with Crippen molar-refractivity contribution >= 4 is 32.9 Å². The van der Waals surface area contributed by atoms with E-state index in [1.807, 2.05) is 0 Å². The molecule has 2 N–H and O–H groups in total. The van der Waals surface area contributed by atoms with Crippen LogP contribution in [0.3, 0.4) is 0 Å². The fourth-order valence-electron chi connectivity index (χ4n) is 1.39. The van der Waals surface area contributed by atoms with E-state index < -0.39 is 5.97 Å². The summed E-state index contributed by atoms with van der Waals surface area (Å²) in [5.41, 5.74) is 0.981. The number of hydrogen-bond acceptors (Lipinski definition) is 3.